The zero-order valence-corrected chi connectivity index (χ0v) is 19.8. The van der Waals surface area contributed by atoms with Crippen LogP contribution in [-0.2, 0) is 4.79 Å². The third-order valence-corrected chi connectivity index (χ3v) is 5.99. The summed E-state index contributed by atoms with van der Waals surface area (Å²) in [6, 6.07) is 21.8. The SMILES string of the molecule is COc1ccc(NC(=O)[C@@H](c2ccccc2)N2CCN(C(=O)c3cccc(OC(F)F)c3)CC2)cc1. The second kappa shape index (κ2) is 11.6. The lowest BCUT2D eigenvalue weighted by molar-refractivity contribution is -0.122. The first-order chi connectivity index (χ1) is 17.4. The van der Waals surface area contributed by atoms with Gasteiger partial charge >= 0.3 is 6.61 Å². The van der Waals surface area contributed by atoms with E-state index in [2.05, 4.69) is 10.1 Å². The van der Waals surface area contributed by atoms with Gasteiger partial charge in [0.15, 0.2) is 0 Å². The van der Waals surface area contributed by atoms with Gasteiger partial charge in [0.25, 0.3) is 5.91 Å². The molecule has 1 saturated heterocycles. The van der Waals surface area contributed by atoms with Crippen LogP contribution in [0.2, 0.25) is 0 Å². The maximum atomic E-state index is 13.4. The van der Waals surface area contributed by atoms with Crippen molar-refractivity contribution in [2.75, 3.05) is 38.6 Å². The Balaban J connectivity index is 1.45. The van der Waals surface area contributed by atoms with Crippen LogP contribution < -0.4 is 14.8 Å². The number of rotatable bonds is 8. The molecule has 188 valence electrons. The Morgan fingerprint density at radius 3 is 2.19 bits per heavy atom. The number of halogens is 2. The Hall–Kier alpha value is -3.98. The Bertz CT molecular complexity index is 1170. The minimum Gasteiger partial charge on any atom is -0.497 e. The highest BCUT2D eigenvalue weighted by Gasteiger charge is 2.32. The summed E-state index contributed by atoms with van der Waals surface area (Å²) in [6.45, 7) is -1.25. The van der Waals surface area contributed by atoms with Gasteiger partial charge in [0, 0.05) is 37.4 Å². The number of ether oxygens (including phenoxy) is 2. The van der Waals surface area contributed by atoms with E-state index in [4.69, 9.17) is 4.74 Å². The first-order valence-corrected chi connectivity index (χ1v) is 11.5. The Morgan fingerprint density at radius 2 is 1.56 bits per heavy atom. The van der Waals surface area contributed by atoms with E-state index >= 15 is 0 Å². The third kappa shape index (κ3) is 6.17. The van der Waals surface area contributed by atoms with Crippen LogP contribution in [0.15, 0.2) is 78.9 Å². The molecule has 3 aromatic carbocycles. The van der Waals surface area contributed by atoms with Gasteiger partial charge in [-0.05, 0) is 48.0 Å². The Kier molecular flexibility index (Phi) is 8.12. The summed E-state index contributed by atoms with van der Waals surface area (Å²) in [6.07, 6.45) is 0. The van der Waals surface area contributed by atoms with Crippen LogP contribution in [0.1, 0.15) is 22.0 Å². The molecule has 1 aliphatic heterocycles. The van der Waals surface area contributed by atoms with Gasteiger partial charge in [-0.15, -0.1) is 0 Å². The van der Waals surface area contributed by atoms with Crippen molar-refractivity contribution in [1.29, 1.82) is 0 Å². The maximum Gasteiger partial charge on any atom is 0.387 e. The van der Waals surface area contributed by atoms with E-state index in [1.54, 1.807) is 42.3 Å². The van der Waals surface area contributed by atoms with Crippen molar-refractivity contribution in [3.05, 3.63) is 90.0 Å². The topological polar surface area (TPSA) is 71.1 Å². The molecule has 1 fully saturated rings. The number of amides is 2. The average Bonchev–Trinajstić information content (AvgIpc) is 2.90. The zero-order valence-electron chi connectivity index (χ0n) is 19.8. The van der Waals surface area contributed by atoms with Crippen molar-refractivity contribution in [3.8, 4) is 11.5 Å². The molecule has 0 unspecified atom stereocenters. The standard InChI is InChI=1S/C27H27F2N3O4/c1-35-22-12-10-21(11-13-22)30-25(33)24(19-6-3-2-4-7-19)31-14-16-32(17-15-31)26(34)20-8-5-9-23(18-20)36-27(28)29/h2-13,18,24,27H,14-17H2,1H3,(H,30,33)/t24-/m1/s1. The van der Waals surface area contributed by atoms with Crippen molar-refractivity contribution in [3.63, 3.8) is 0 Å². The predicted molar refractivity (Wildman–Crippen MR) is 131 cm³/mol. The molecule has 0 aromatic heterocycles. The number of benzene rings is 3. The van der Waals surface area contributed by atoms with Gasteiger partial charge in [-0.3, -0.25) is 14.5 Å². The first kappa shape index (κ1) is 25.1. The predicted octanol–water partition coefficient (Wildman–Crippen LogP) is 4.43. The molecule has 7 nitrogen and oxygen atoms in total. The van der Waals surface area contributed by atoms with E-state index in [1.807, 2.05) is 35.2 Å². The summed E-state index contributed by atoms with van der Waals surface area (Å²) < 4.78 is 34.7. The number of nitrogens with zero attached hydrogens (tertiary/aromatic N) is 2. The molecule has 4 rings (SSSR count). The van der Waals surface area contributed by atoms with Gasteiger partial charge in [-0.25, -0.2) is 0 Å². The largest absolute Gasteiger partial charge is 0.497 e. The highest BCUT2D eigenvalue weighted by Crippen LogP contribution is 2.26. The van der Waals surface area contributed by atoms with Crippen LogP contribution in [-0.4, -0.2) is 61.5 Å². The summed E-state index contributed by atoms with van der Waals surface area (Å²) in [5.41, 5.74) is 1.78. The van der Waals surface area contributed by atoms with Gasteiger partial charge in [0.05, 0.1) is 7.11 Å². The summed E-state index contributed by atoms with van der Waals surface area (Å²) in [5, 5.41) is 2.98. The van der Waals surface area contributed by atoms with E-state index in [0.29, 0.717) is 37.6 Å². The van der Waals surface area contributed by atoms with Crippen molar-refractivity contribution >= 4 is 17.5 Å². The summed E-state index contributed by atoms with van der Waals surface area (Å²) >= 11 is 0. The van der Waals surface area contributed by atoms with Crippen LogP contribution in [0.25, 0.3) is 0 Å². The molecule has 1 heterocycles. The van der Waals surface area contributed by atoms with Crippen LogP contribution in [0, 0.1) is 0 Å². The first-order valence-electron chi connectivity index (χ1n) is 11.5. The fourth-order valence-electron chi connectivity index (χ4n) is 4.22. The van der Waals surface area contributed by atoms with E-state index in [9.17, 15) is 18.4 Å². The van der Waals surface area contributed by atoms with Crippen molar-refractivity contribution in [2.24, 2.45) is 0 Å². The van der Waals surface area contributed by atoms with Crippen molar-refractivity contribution in [1.82, 2.24) is 9.80 Å². The number of methoxy groups -OCH3 is 1. The number of hydrogen-bond donors (Lipinski definition) is 1. The molecule has 3 aromatic rings. The molecular formula is C27H27F2N3O4. The number of carbonyl (C=O) groups is 2. The summed E-state index contributed by atoms with van der Waals surface area (Å²) in [4.78, 5) is 30.1. The lowest BCUT2D eigenvalue weighted by Crippen LogP contribution is -2.51. The van der Waals surface area contributed by atoms with Gasteiger partial charge in [-0.1, -0.05) is 36.4 Å². The molecule has 0 radical (unpaired) electrons. The quantitative estimate of drug-likeness (QED) is 0.501. The fourth-order valence-corrected chi connectivity index (χ4v) is 4.22. The molecule has 0 aliphatic carbocycles. The number of hydrogen-bond acceptors (Lipinski definition) is 5. The highest BCUT2D eigenvalue weighted by atomic mass is 19.3. The van der Waals surface area contributed by atoms with Crippen LogP contribution in [0.4, 0.5) is 14.5 Å². The van der Waals surface area contributed by atoms with E-state index in [1.165, 1.54) is 18.2 Å². The molecule has 36 heavy (non-hydrogen) atoms. The van der Waals surface area contributed by atoms with Crippen molar-refractivity contribution in [2.45, 2.75) is 12.7 Å². The number of piperazine rings is 1. The molecule has 1 N–H and O–H groups in total. The molecule has 0 bridgehead atoms. The van der Waals surface area contributed by atoms with Gasteiger partial charge in [-0.2, -0.15) is 8.78 Å². The molecule has 9 heteroatoms. The second-order valence-electron chi connectivity index (χ2n) is 8.27. The van der Waals surface area contributed by atoms with Crippen molar-refractivity contribution < 1.29 is 27.8 Å². The summed E-state index contributed by atoms with van der Waals surface area (Å²) in [7, 11) is 1.58. The lowest BCUT2D eigenvalue weighted by atomic mass is 10.0. The van der Waals surface area contributed by atoms with Crippen LogP contribution in [0.3, 0.4) is 0 Å². The monoisotopic (exact) mass is 495 g/mol. The average molecular weight is 496 g/mol. The van der Waals surface area contributed by atoms with E-state index < -0.39 is 12.7 Å². The lowest BCUT2D eigenvalue weighted by Gasteiger charge is -2.38. The molecular weight excluding hydrogens is 468 g/mol. The summed E-state index contributed by atoms with van der Waals surface area (Å²) in [5.74, 6) is 0.185. The molecule has 2 amide bonds. The molecule has 0 spiro atoms. The Labute approximate surface area is 208 Å². The van der Waals surface area contributed by atoms with Gasteiger partial charge in [0.2, 0.25) is 5.91 Å². The smallest absolute Gasteiger partial charge is 0.387 e. The van der Waals surface area contributed by atoms with E-state index in [0.717, 1.165) is 5.56 Å². The highest BCUT2D eigenvalue weighted by molar-refractivity contribution is 5.96. The Morgan fingerprint density at radius 1 is 0.861 bits per heavy atom. The number of anilines is 1. The van der Waals surface area contributed by atoms with Gasteiger partial charge < -0.3 is 19.7 Å². The van der Waals surface area contributed by atoms with Crippen LogP contribution in [0.5, 0.6) is 11.5 Å². The molecule has 1 aliphatic rings. The third-order valence-electron chi connectivity index (χ3n) is 5.99. The van der Waals surface area contributed by atoms with Gasteiger partial charge in [0.1, 0.15) is 17.5 Å². The minimum absolute atomic E-state index is 0.0613. The fraction of sp³-hybridized carbons (Fsp3) is 0.259. The normalized spacial score (nSPS) is 14.8. The maximum absolute atomic E-state index is 13.4. The number of alkyl halides is 2. The molecule has 1 atom stereocenters. The zero-order chi connectivity index (χ0) is 25.5. The second-order valence-corrected chi connectivity index (χ2v) is 8.27. The van der Waals surface area contributed by atoms with E-state index in [-0.39, 0.29) is 23.1 Å². The minimum atomic E-state index is -2.96. The number of nitrogens with one attached hydrogen (secondary N) is 1. The number of carbonyl (C=O) groups excluding carboxylic acids is 2. The molecule has 0 saturated carbocycles. The van der Waals surface area contributed by atoms with Crippen LogP contribution >= 0.6 is 0 Å².